The van der Waals surface area contributed by atoms with Gasteiger partial charge in [0.1, 0.15) is 0 Å². The molecule has 0 spiro atoms. The molecule has 0 rings (SSSR count). The fourth-order valence-electron chi connectivity index (χ4n) is 6.71. The van der Waals surface area contributed by atoms with E-state index < -0.39 is 11.9 Å². The molecule has 0 aliphatic rings. The van der Waals surface area contributed by atoms with Crippen molar-refractivity contribution in [3.05, 3.63) is 0 Å². The molecule has 0 atom stereocenters. The molecule has 2 radical (unpaired) electrons. The third-order valence-corrected chi connectivity index (χ3v) is 9.99. The number of carboxylic acids is 2. The minimum Gasteiger partial charge on any atom is -0.481 e. The van der Waals surface area contributed by atoms with Crippen LogP contribution in [-0.2, 0) is 9.59 Å². The van der Waals surface area contributed by atoms with E-state index in [1.54, 1.807) is 0 Å². The summed E-state index contributed by atoms with van der Waals surface area (Å²) < 4.78 is 0. The number of hydrogen-bond donors (Lipinski definition) is 2. The van der Waals surface area contributed by atoms with Gasteiger partial charge in [0.05, 0.1) is 0 Å². The van der Waals surface area contributed by atoms with E-state index in [0.29, 0.717) is 12.8 Å². The van der Waals surface area contributed by atoms with Crippen LogP contribution in [0.5, 0.6) is 0 Å². The number of aliphatic carboxylic acids is 2. The van der Waals surface area contributed by atoms with Crippen molar-refractivity contribution in [1.29, 1.82) is 0 Å². The van der Waals surface area contributed by atoms with Gasteiger partial charge in [-0.1, -0.05) is 245 Å². The summed E-state index contributed by atoms with van der Waals surface area (Å²) in [7, 11) is 0. The summed E-state index contributed by atoms with van der Waals surface area (Å²) in [5, 5.41) is 17.1. The molecule has 2 N–H and O–H groups in total. The van der Waals surface area contributed by atoms with Crippen LogP contribution in [0, 0.1) is 0 Å². The summed E-state index contributed by atoms with van der Waals surface area (Å²) in [6.07, 6.45) is 52.2. The Morgan fingerprint density at radius 1 is 0.265 bits per heavy atom. The van der Waals surface area contributed by atoms with E-state index in [9.17, 15) is 9.59 Å². The Labute approximate surface area is 324 Å². The number of carbonyl (C=O) groups is 2. The zero-order valence-corrected chi connectivity index (χ0v) is 35.1. The van der Waals surface area contributed by atoms with Gasteiger partial charge in [0.2, 0.25) is 0 Å². The van der Waals surface area contributed by atoms with Gasteiger partial charge in [-0.2, -0.15) is 0 Å². The molecule has 0 aromatic rings. The SMILES string of the molecule is CCCCCCCCCCCCCCCCCCCCCC(=O)O.CCCCCCCCCCCCCCCCCCCCCC(=O)O.[Mg]. The molecule has 49 heavy (non-hydrogen) atoms. The van der Waals surface area contributed by atoms with Gasteiger partial charge in [-0.25, -0.2) is 0 Å². The fraction of sp³-hybridized carbons (Fsp3) is 0.955. The maximum Gasteiger partial charge on any atom is 0.303 e. The van der Waals surface area contributed by atoms with Gasteiger partial charge in [0.15, 0.2) is 0 Å². The lowest BCUT2D eigenvalue weighted by molar-refractivity contribution is -0.138. The first-order valence-electron chi connectivity index (χ1n) is 22.0. The van der Waals surface area contributed by atoms with Crippen molar-refractivity contribution in [3.63, 3.8) is 0 Å². The van der Waals surface area contributed by atoms with Crippen molar-refractivity contribution in [2.45, 2.75) is 271 Å². The van der Waals surface area contributed by atoms with Crippen molar-refractivity contribution >= 4 is 35.0 Å². The molecular formula is C44H88MgO4. The van der Waals surface area contributed by atoms with E-state index >= 15 is 0 Å². The summed E-state index contributed by atoms with van der Waals surface area (Å²) in [5.41, 5.74) is 0. The molecule has 0 heterocycles. The third-order valence-electron chi connectivity index (χ3n) is 9.99. The molecule has 0 saturated carbocycles. The predicted octanol–water partition coefficient (Wildman–Crippen LogP) is 15.4. The van der Waals surface area contributed by atoms with Crippen LogP contribution in [0.1, 0.15) is 271 Å². The Hall–Kier alpha value is -0.294. The lowest BCUT2D eigenvalue weighted by atomic mass is 10.0. The van der Waals surface area contributed by atoms with Crippen LogP contribution in [0.2, 0.25) is 0 Å². The largest absolute Gasteiger partial charge is 0.481 e. The highest BCUT2D eigenvalue weighted by molar-refractivity contribution is 5.75. The fourth-order valence-corrected chi connectivity index (χ4v) is 6.71. The first-order valence-corrected chi connectivity index (χ1v) is 22.0. The van der Waals surface area contributed by atoms with Crippen LogP contribution in [0.4, 0.5) is 0 Å². The first kappa shape index (κ1) is 53.1. The lowest BCUT2D eigenvalue weighted by Crippen LogP contribution is -1.93. The van der Waals surface area contributed by atoms with Crippen molar-refractivity contribution in [2.24, 2.45) is 0 Å². The van der Waals surface area contributed by atoms with E-state index in [4.69, 9.17) is 10.2 Å². The molecule has 0 bridgehead atoms. The van der Waals surface area contributed by atoms with Crippen molar-refractivity contribution in [3.8, 4) is 0 Å². The van der Waals surface area contributed by atoms with E-state index in [1.165, 1.54) is 218 Å². The van der Waals surface area contributed by atoms with Crippen LogP contribution in [0.25, 0.3) is 0 Å². The molecule has 4 nitrogen and oxygen atoms in total. The zero-order valence-electron chi connectivity index (χ0n) is 33.7. The third kappa shape index (κ3) is 57.3. The molecule has 0 aromatic carbocycles. The Morgan fingerprint density at radius 2 is 0.388 bits per heavy atom. The van der Waals surface area contributed by atoms with Gasteiger partial charge in [0, 0.05) is 35.9 Å². The predicted molar refractivity (Wildman–Crippen MR) is 217 cm³/mol. The highest BCUT2D eigenvalue weighted by Crippen LogP contribution is 2.16. The summed E-state index contributed by atoms with van der Waals surface area (Å²) in [4.78, 5) is 20.8. The number of rotatable bonds is 40. The maximum absolute atomic E-state index is 10.4. The molecule has 0 saturated heterocycles. The molecular weight excluding hydrogens is 617 g/mol. The van der Waals surface area contributed by atoms with Gasteiger partial charge in [0.25, 0.3) is 0 Å². The van der Waals surface area contributed by atoms with Gasteiger partial charge in [-0.15, -0.1) is 0 Å². The van der Waals surface area contributed by atoms with Gasteiger partial charge in [-0.05, 0) is 12.8 Å². The van der Waals surface area contributed by atoms with Crippen molar-refractivity contribution in [1.82, 2.24) is 0 Å². The van der Waals surface area contributed by atoms with Gasteiger partial charge < -0.3 is 10.2 Å². The average molecular weight is 705 g/mol. The quantitative estimate of drug-likeness (QED) is 0.0492. The molecule has 0 unspecified atom stereocenters. The highest BCUT2D eigenvalue weighted by Gasteiger charge is 1.99. The van der Waals surface area contributed by atoms with Crippen LogP contribution in [0.3, 0.4) is 0 Å². The van der Waals surface area contributed by atoms with Crippen LogP contribution >= 0.6 is 0 Å². The summed E-state index contributed by atoms with van der Waals surface area (Å²) >= 11 is 0. The Balaban J connectivity index is -0.000000846. The second kappa shape index (κ2) is 49.8. The summed E-state index contributed by atoms with van der Waals surface area (Å²) in [5.74, 6) is -1.30. The number of carboxylic acid groups (broad SMARTS) is 2. The molecule has 0 aromatic heterocycles. The van der Waals surface area contributed by atoms with E-state index in [-0.39, 0.29) is 23.1 Å². The zero-order chi connectivity index (χ0) is 35.4. The Bertz CT molecular complexity index is 560. The maximum atomic E-state index is 10.4. The second-order valence-corrected chi connectivity index (χ2v) is 15.0. The molecule has 0 amide bonds. The molecule has 0 fully saturated rings. The monoisotopic (exact) mass is 705 g/mol. The Kier molecular flexibility index (Phi) is 53.9. The van der Waals surface area contributed by atoms with E-state index in [1.807, 2.05) is 0 Å². The van der Waals surface area contributed by atoms with E-state index in [2.05, 4.69) is 13.8 Å². The highest BCUT2D eigenvalue weighted by atomic mass is 24.3. The van der Waals surface area contributed by atoms with Crippen LogP contribution in [0.15, 0.2) is 0 Å². The first-order chi connectivity index (χ1) is 23.5. The average Bonchev–Trinajstić information content (AvgIpc) is 3.07. The van der Waals surface area contributed by atoms with Crippen molar-refractivity contribution < 1.29 is 19.8 Å². The topological polar surface area (TPSA) is 74.6 Å². The number of hydrogen-bond acceptors (Lipinski definition) is 2. The van der Waals surface area contributed by atoms with Crippen molar-refractivity contribution in [2.75, 3.05) is 0 Å². The summed E-state index contributed by atoms with van der Waals surface area (Å²) in [6.45, 7) is 4.57. The minimum absolute atomic E-state index is 0. The van der Waals surface area contributed by atoms with Gasteiger partial charge >= 0.3 is 11.9 Å². The Morgan fingerprint density at radius 3 is 0.510 bits per heavy atom. The second-order valence-electron chi connectivity index (χ2n) is 15.0. The lowest BCUT2D eigenvalue weighted by Gasteiger charge is -2.03. The van der Waals surface area contributed by atoms with Crippen LogP contribution in [-0.4, -0.2) is 45.2 Å². The molecule has 0 aliphatic carbocycles. The molecule has 5 heteroatoms. The van der Waals surface area contributed by atoms with E-state index in [0.717, 1.165) is 25.7 Å². The summed E-state index contributed by atoms with van der Waals surface area (Å²) in [6, 6.07) is 0. The van der Waals surface area contributed by atoms with Crippen LogP contribution < -0.4 is 0 Å². The normalized spacial score (nSPS) is 10.8. The standard InChI is InChI=1S/2C22H44O2.Mg/c2*1-2-3-4-5-6-7-8-9-10-11-12-13-14-15-16-17-18-19-20-21-22(23)24;/h2*2-21H2,1H3,(H,23,24);. The minimum atomic E-state index is -0.651. The van der Waals surface area contributed by atoms with Gasteiger partial charge in [-0.3, -0.25) is 9.59 Å². The molecule has 0 aliphatic heterocycles. The smallest absolute Gasteiger partial charge is 0.303 e. The molecule has 290 valence electrons. The number of unbranched alkanes of at least 4 members (excludes halogenated alkanes) is 36.